The van der Waals surface area contributed by atoms with Crippen LogP contribution in [0.2, 0.25) is 0 Å². The number of hydrogen-bond donors (Lipinski definition) is 1. The fourth-order valence-corrected chi connectivity index (χ4v) is 2.64. The molecule has 18 heavy (non-hydrogen) atoms. The maximum atomic E-state index is 6.37. The van der Waals surface area contributed by atoms with Gasteiger partial charge in [-0.2, -0.15) is 0 Å². The summed E-state index contributed by atoms with van der Waals surface area (Å²) in [6.07, 6.45) is 3.43. The molecule has 0 bridgehead atoms. The lowest BCUT2D eigenvalue weighted by atomic mass is 9.93. The topological polar surface area (TPSA) is 21.3 Å². The number of benzene rings is 1. The number of hydrogen-bond acceptors (Lipinski definition) is 2. The lowest BCUT2D eigenvalue weighted by Gasteiger charge is -2.41. The molecule has 0 spiro atoms. The van der Waals surface area contributed by atoms with Crippen molar-refractivity contribution in [1.29, 1.82) is 0 Å². The molecule has 1 saturated heterocycles. The van der Waals surface area contributed by atoms with Gasteiger partial charge in [0.25, 0.3) is 0 Å². The van der Waals surface area contributed by atoms with Gasteiger partial charge in [0, 0.05) is 13.1 Å². The van der Waals surface area contributed by atoms with Crippen molar-refractivity contribution in [3.05, 3.63) is 35.4 Å². The second kappa shape index (κ2) is 5.85. The summed E-state index contributed by atoms with van der Waals surface area (Å²) < 4.78 is 6.37. The molecule has 0 aliphatic carbocycles. The summed E-state index contributed by atoms with van der Waals surface area (Å²) in [5.41, 5.74) is 2.71. The first-order valence-electron chi connectivity index (χ1n) is 7.20. The minimum atomic E-state index is 0.0202. The van der Waals surface area contributed by atoms with E-state index in [0.717, 1.165) is 32.4 Å². The average molecular weight is 247 g/mol. The highest BCUT2D eigenvalue weighted by molar-refractivity contribution is 5.25. The average Bonchev–Trinajstić information content (AvgIpc) is 2.47. The summed E-state index contributed by atoms with van der Waals surface area (Å²) in [6.45, 7) is 8.52. The smallest absolute Gasteiger partial charge is 0.0957 e. The summed E-state index contributed by atoms with van der Waals surface area (Å²) in [6, 6.07) is 8.86. The monoisotopic (exact) mass is 247 g/mol. The van der Waals surface area contributed by atoms with Gasteiger partial charge in [-0.3, -0.25) is 0 Å². The van der Waals surface area contributed by atoms with Crippen LogP contribution >= 0.6 is 0 Å². The number of nitrogens with one attached hydrogen (secondary N) is 1. The van der Waals surface area contributed by atoms with Crippen molar-refractivity contribution < 1.29 is 4.74 Å². The zero-order valence-electron chi connectivity index (χ0n) is 11.8. The van der Waals surface area contributed by atoms with E-state index in [0.29, 0.717) is 0 Å². The fraction of sp³-hybridized carbons (Fsp3) is 0.625. The summed E-state index contributed by atoms with van der Waals surface area (Å²) in [5.74, 6) is 0. The Bertz CT molecular complexity index is 367. The Morgan fingerprint density at radius 3 is 2.39 bits per heavy atom. The van der Waals surface area contributed by atoms with Gasteiger partial charge in [0.05, 0.1) is 11.7 Å². The Labute approximate surface area is 111 Å². The highest BCUT2D eigenvalue weighted by Gasteiger charge is 2.34. The molecular weight excluding hydrogens is 222 g/mol. The molecule has 1 fully saturated rings. The van der Waals surface area contributed by atoms with Gasteiger partial charge in [0.2, 0.25) is 0 Å². The van der Waals surface area contributed by atoms with E-state index >= 15 is 0 Å². The molecule has 0 saturated carbocycles. The van der Waals surface area contributed by atoms with Crippen LogP contribution in [0.3, 0.4) is 0 Å². The van der Waals surface area contributed by atoms with Crippen molar-refractivity contribution in [2.75, 3.05) is 13.1 Å². The van der Waals surface area contributed by atoms with Crippen LogP contribution in [0, 0.1) is 0 Å². The predicted molar refractivity (Wildman–Crippen MR) is 75.8 cm³/mol. The minimum Gasteiger partial charge on any atom is -0.364 e. The number of morpholine rings is 1. The molecule has 2 rings (SSSR count). The normalized spacial score (nSPS) is 22.9. The Morgan fingerprint density at radius 2 is 1.83 bits per heavy atom. The van der Waals surface area contributed by atoms with Crippen molar-refractivity contribution in [2.45, 2.75) is 51.7 Å². The van der Waals surface area contributed by atoms with Gasteiger partial charge in [-0.1, -0.05) is 45.0 Å². The molecule has 0 amide bonds. The van der Waals surface area contributed by atoms with E-state index in [-0.39, 0.29) is 11.7 Å². The Hall–Kier alpha value is -0.860. The number of aryl methyl sites for hydroxylation is 1. The molecule has 100 valence electrons. The van der Waals surface area contributed by atoms with E-state index in [1.807, 2.05) is 0 Å². The highest BCUT2D eigenvalue weighted by atomic mass is 16.5. The molecule has 1 N–H and O–H groups in total. The molecule has 1 heterocycles. The van der Waals surface area contributed by atoms with Gasteiger partial charge in [0.15, 0.2) is 0 Å². The van der Waals surface area contributed by atoms with E-state index in [2.05, 4.69) is 50.4 Å². The van der Waals surface area contributed by atoms with Gasteiger partial charge in [0.1, 0.15) is 0 Å². The second-order valence-electron chi connectivity index (χ2n) is 5.22. The summed E-state index contributed by atoms with van der Waals surface area (Å²) in [7, 11) is 0. The summed E-state index contributed by atoms with van der Waals surface area (Å²) in [4.78, 5) is 0. The van der Waals surface area contributed by atoms with Crippen LogP contribution in [0.5, 0.6) is 0 Å². The molecule has 2 nitrogen and oxygen atoms in total. The second-order valence-corrected chi connectivity index (χ2v) is 5.22. The van der Waals surface area contributed by atoms with Crippen LogP contribution < -0.4 is 5.32 Å². The van der Waals surface area contributed by atoms with E-state index in [1.165, 1.54) is 11.1 Å². The molecule has 1 atom stereocenters. The third-order valence-electron chi connectivity index (χ3n) is 4.22. The number of rotatable bonds is 4. The Morgan fingerprint density at radius 1 is 1.17 bits per heavy atom. The largest absolute Gasteiger partial charge is 0.364 e. The molecule has 1 aliphatic rings. The van der Waals surface area contributed by atoms with E-state index in [1.54, 1.807) is 0 Å². The van der Waals surface area contributed by atoms with Gasteiger partial charge < -0.3 is 10.1 Å². The lowest BCUT2D eigenvalue weighted by Crippen LogP contribution is -2.50. The molecular formula is C16H25NO. The molecule has 1 aromatic rings. The minimum absolute atomic E-state index is 0.0202. The maximum Gasteiger partial charge on any atom is 0.0957 e. The van der Waals surface area contributed by atoms with Crippen molar-refractivity contribution in [3.63, 3.8) is 0 Å². The standard InChI is InChI=1S/C16H25NO/c1-4-13-7-9-14(10-8-13)15-11-17-12-16(5-2,6-3)18-15/h7-10,15,17H,4-6,11-12H2,1-3H3. The first-order valence-corrected chi connectivity index (χ1v) is 7.20. The molecule has 1 aromatic carbocycles. The molecule has 2 heteroatoms. The van der Waals surface area contributed by atoms with Crippen LogP contribution in [0.1, 0.15) is 50.8 Å². The third-order valence-corrected chi connectivity index (χ3v) is 4.22. The first-order chi connectivity index (χ1) is 8.73. The lowest BCUT2D eigenvalue weighted by molar-refractivity contribution is -0.122. The predicted octanol–water partition coefficient (Wildman–Crippen LogP) is 3.47. The van der Waals surface area contributed by atoms with Gasteiger partial charge in [-0.15, -0.1) is 0 Å². The summed E-state index contributed by atoms with van der Waals surface area (Å²) in [5, 5.41) is 3.53. The van der Waals surface area contributed by atoms with Crippen molar-refractivity contribution in [1.82, 2.24) is 5.32 Å². The van der Waals surface area contributed by atoms with Crippen LogP contribution in [0.25, 0.3) is 0 Å². The summed E-state index contributed by atoms with van der Waals surface area (Å²) >= 11 is 0. The van der Waals surface area contributed by atoms with E-state index < -0.39 is 0 Å². The third kappa shape index (κ3) is 2.76. The van der Waals surface area contributed by atoms with Crippen LogP contribution in [0.4, 0.5) is 0 Å². The van der Waals surface area contributed by atoms with E-state index in [9.17, 15) is 0 Å². The molecule has 0 aromatic heterocycles. The van der Waals surface area contributed by atoms with Crippen molar-refractivity contribution in [2.24, 2.45) is 0 Å². The number of ether oxygens (including phenoxy) is 1. The SMILES string of the molecule is CCc1ccc(C2CNCC(CC)(CC)O2)cc1. The van der Waals surface area contributed by atoms with Gasteiger partial charge in [-0.25, -0.2) is 0 Å². The fourth-order valence-electron chi connectivity index (χ4n) is 2.64. The highest BCUT2D eigenvalue weighted by Crippen LogP contribution is 2.31. The molecule has 1 aliphatic heterocycles. The zero-order valence-corrected chi connectivity index (χ0v) is 11.8. The molecule has 0 radical (unpaired) electrons. The van der Waals surface area contributed by atoms with Crippen molar-refractivity contribution >= 4 is 0 Å². The first kappa shape index (κ1) is 13.6. The van der Waals surface area contributed by atoms with Crippen LogP contribution in [0.15, 0.2) is 24.3 Å². The van der Waals surface area contributed by atoms with Crippen LogP contribution in [-0.2, 0) is 11.2 Å². The Balaban J connectivity index is 2.12. The van der Waals surface area contributed by atoms with E-state index in [4.69, 9.17) is 4.74 Å². The zero-order chi connectivity index (χ0) is 13.0. The Kier molecular flexibility index (Phi) is 4.41. The van der Waals surface area contributed by atoms with Crippen LogP contribution in [-0.4, -0.2) is 18.7 Å². The maximum absolute atomic E-state index is 6.37. The van der Waals surface area contributed by atoms with Crippen molar-refractivity contribution in [3.8, 4) is 0 Å². The van der Waals surface area contributed by atoms with Gasteiger partial charge >= 0.3 is 0 Å². The molecule has 1 unspecified atom stereocenters. The van der Waals surface area contributed by atoms with Gasteiger partial charge in [-0.05, 0) is 30.4 Å². The quantitative estimate of drug-likeness (QED) is 0.879.